The van der Waals surface area contributed by atoms with E-state index < -0.39 is 83.8 Å². The maximum atomic E-state index is 14.1. The number of nitrogens with one attached hydrogen (secondary N) is 3. The number of aliphatic hydroxyl groups excluding tert-OH is 3. The Balaban J connectivity index is 0.782. The first kappa shape index (κ1) is 53.3. The van der Waals surface area contributed by atoms with Gasteiger partial charge in [-0.1, -0.05) is 117 Å². The second kappa shape index (κ2) is 21.7. The molecule has 3 saturated carbocycles. The largest absolute Gasteiger partial charge is 0.461 e. The average Bonchev–Trinajstić information content (AvgIpc) is 4.05. The molecule has 6 N–H and O–H groups in total. The number of hydrogen-bond donors (Lipinski definition) is 6. The van der Waals surface area contributed by atoms with Crippen molar-refractivity contribution in [3.05, 3.63) is 161 Å². The Hall–Kier alpha value is -7.08. The third kappa shape index (κ3) is 9.97. The molecule has 16 nitrogen and oxygen atoms in total. The Bertz CT molecular complexity index is 3020. The van der Waals surface area contributed by atoms with Crippen molar-refractivity contribution in [3.63, 3.8) is 0 Å². The number of hydrogen-bond acceptors (Lipinski definition) is 13. The highest BCUT2D eigenvalue weighted by atomic mass is 16.7. The molecule has 0 radical (unpaired) electrons. The summed E-state index contributed by atoms with van der Waals surface area (Å²) in [6.07, 6.45) is 5.70. The zero-order chi connectivity index (χ0) is 54.2. The molecular formula is C61H65N3O13. The number of fused-ring (bicyclic) bond motifs is 10. The topological polar surface area (TPSA) is 236 Å². The summed E-state index contributed by atoms with van der Waals surface area (Å²) in [5, 5.41) is 40.7. The molecule has 5 aliphatic carbocycles. The van der Waals surface area contributed by atoms with E-state index in [1.165, 1.54) is 6.08 Å². The lowest BCUT2D eigenvalue weighted by Crippen LogP contribution is -2.63. The summed E-state index contributed by atoms with van der Waals surface area (Å²) < 4.78 is 24.2. The SMILES string of the molecule is C=CCOC(=O)CC[C@H](NC(=O)CNC(=O)OCC1c2ccccc2-c2ccccc21)C(=O)Nc1cc(CO)cc(Cc2ccc([C@@H]3O[C@@H]4C[C@H]5[C@@H]6CCC7=CC(=O)C=C[C@]7(C)[C@H]6[C@@H](O)C[C@]5(C)[C@]4(C(=O)CO)O3)cc2)c1. The third-order valence-electron chi connectivity index (χ3n) is 17.3. The molecule has 16 heteroatoms. The van der Waals surface area contributed by atoms with Gasteiger partial charge in [0, 0.05) is 40.3 Å². The van der Waals surface area contributed by atoms with Gasteiger partial charge in [0.15, 0.2) is 23.5 Å². The van der Waals surface area contributed by atoms with Crippen molar-refractivity contribution in [1.29, 1.82) is 0 Å². The van der Waals surface area contributed by atoms with E-state index in [-0.39, 0.29) is 68.5 Å². The Labute approximate surface area is 446 Å². The normalized spacial score (nSPS) is 27.8. The van der Waals surface area contributed by atoms with Gasteiger partial charge in [0.1, 0.15) is 32.4 Å². The summed E-state index contributed by atoms with van der Waals surface area (Å²) in [6, 6.07) is 27.2. The Morgan fingerprint density at radius 2 is 1.62 bits per heavy atom. The van der Waals surface area contributed by atoms with Crippen LogP contribution < -0.4 is 16.0 Å². The van der Waals surface area contributed by atoms with Crippen LogP contribution in [0.15, 0.2) is 127 Å². The maximum Gasteiger partial charge on any atom is 0.407 e. The molecule has 6 aliphatic rings. The van der Waals surface area contributed by atoms with Crippen molar-refractivity contribution in [3.8, 4) is 11.1 Å². The van der Waals surface area contributed by atoms with Crippen LogP contribution in [0.25, 0.3) is 11.1 Å². The first-order chi connectivity index (χ1) is 37.1. The van der Waals surface area contributed by atoms with E-state index in [0.717, 1.165) is 45.4 Å². The van der Waals surface area contributed by atoms with E-state index in [0.29, 0.717) is 36.1 Å². The zero-order valence-electron chi connectivity index (χ0n) is 43.2. The number of benzene rings is 4. The van der Waals surface area contributed by atoms with Gasteiger partial charge in [-0.25, -0.2) is 4.79 Å². The average molecular weight is 1050 g/mol. The van der Waals surface area contributed by atoms with Crippen LogP contribution in [0.3, 0.4) is 0 Å². The van der Waals surface area contributed by atoms with E-state index >= 15 is 0 Å². The van der Waals surface area contributed by atoms with Gasteiger partial charge in [-0.15, -0.1) is 0 Å². The highest BCUT2D eigenvalue weighted by Crippen LogP contribution is 2.70. The van der Waals surface area contributed by atoms with Crippen LogP contribution >= 0.6 is 0 Å². The molecule has 0 unspecified atom stereocenters. The first-order valence-corrected chi connectivity index (χ1v) is 26.5. The smallest absolute Gasteiger partial charge is 0.407 e. The summed E-state index contributed by atoms with van der Waals surface area (Å²) in [4.78, 5) is 79.1. The number of amides is 3. The lowest BCUT2D eigenvalue weighted by molar-refractivity contribution is -0.201. The minimum Gasteiger partial charge on any atom is -0.461 e. The Morgan fingerprint density at radius 3 is 2.32 bits per heavy atom. The van der Waals surface area contributed by atoms with Crippen molar-refractivity contribution in [2.45, 2.75) is 101 Å². The highest BCUT2D eigenvalue weighted by molar-refractivity contribution is 6.01. The van der Waals surface area contributed by atoms with Crippen LogP contribution in [0, 0.1) is 28.6 Å². The fourth-order valence-corrected chi connectivity index (χ4v) is 13.9. The Kier molecular flexibility index (Phi) is 15.1. The number of alkyl carbamates (subject to hydrolysis) is 1. The minimum atomic E-state index is -1.50. The van der Waals surface area contributed by atoms with E-state index in [1.807, 2.05) is 85.8 Å². The van der Waals surface area contributed by atoms with Crippen LogP contribution in [0.2, 0.25) is 0 Å². The van der Waals surface area contributed by atoms with Crippen LogP contribution in [0.5, 0.6) is 0 Å². The molecule has 1 saturated heterocycles. The molecule has 10 atom stereocenters. The molecule has 0 spiro atoms. The second-order valence-electron chi connectivity index (χ2n) is 21.8. The molecule has 77 heavy (non-hydrogen) atoms. The monoisotopic (exact) mass is 1050 g/mol. The first-order valence-electron chi connectivity index (χ1n) is 26.5. The molecule has 4 aromatic rings. The van der Waals surface area contributed by atoms with E-state index in [4.69, 9.17) is 18.9 Å². The molecule has 0 bridgehead atoms. The number of Topliss-reactive ketones (excluding diaryl/α,β-unsaturated/α-hetero) is 1. The molecule has 402 valence electrons. The zero-order valence-corrected chi connectivity index (χ0v) is 43.2. The van der Waals surface area contributed by atoms with Crippen molar-refractivity contribution in [2.75, 3.05) is 31.7 Å². The van der Waals surface area contributed by atoms with Crippen LogP contribution in [0.1, 0.15) is 98.0 Å². The molecule has 4 aromatic carbocycles. The number of carbonyl (C=O) groups excluding carboxylic acids is 6. The van der Waals surface area contributed by atoms with Crippen molar-refractivity contribution < 1.29 is 63.0 Å². The predicted octanol–water partition coefficient (Wildman–Crippen LogP) is 6.84. The number of carbonyl (C=O) groups is 6. The summed E-state index contributed by atoms with van der Waals surface area (Å²) >= 11 is 0. The molecule has 4 fully saturated rings. The number of allylic oxidation sites excluding steroid dienone is 4. The van der Waals surface area contributed by atoms with Crippen molar-refractivity contribution in [2.24, 2.45) is 28.6 Å². The fourth-order valence-electron chi connectivity index (χ4n) is 13.9. The van der Waals surface area contributed by atoms with Gasteiger partial charge in [0.25, 0.3) is 0 Å². The lowest BCUT2D eigenvalue weighted by atomic mass is 9.46. The highest BCUT2D eigenvalue weighted by Gasteiger charge is 2.76. The summed E-state index contributed by atoms with van der Waals surface area (Å²) in [5.74, 6) is -2.84. The van der Waals surface area contributed by atoms with Gasteiger partial charge in [0.05, 0.1) is 18.8 Å². The van der Waals surface area contributed by atoms with Gasteiger partial charge in [-0.3, -0.25) is 24.0 Å². The Morgan fingerprint density at radius 1 is 0.909 bits per heavy atom. The minimum absolute atomic E-state index is 0.0275. The third-order valence-corrected chi connectivity index (χ3v) is 17.3. The second-order valence-corrected chi connectivity index (χ2v) is 21.8. The molecule has 10 rings (SSSR count). The summed E-state index contributed by atoms with van der Waals surface area (Å²) in [7, 11) is 0. The number of rotatable bonds is 18. The van der Waals surface area contributed by atoms with Gasteiger partial charge in [-0.2, -0.15) is 0 Å². The van der Waals surface area contributed by atoms with Crippen molar-refractivity contribution in [1.82, 2.24) is 10.6 Å². The quantitative estimate of drug-likeness (QED) is 0.0443. The number of anilines is 1. The van der Waals surface area contributed by atoms with E-state index in [2.05, 4.69) is 29.5 Å². The predicted molar refractivity (Wildman–Crippen MR) is 283 cm³/mol. The molecule has 1 heterocycles. The summed E-state index contributed by atoms with van der Waals surface area (Å²) in [6.45, 7) is 6.05. The van der Waals surface area contributed by atoms with Gasteiger partial charge in [0.2, 0.25) is 11.8 Å². The van der Waals surface area contributed by atoms with E-state index in [9.17, 15) is 44.1 Å². The number of ether oxygens (including phenoxy) is 4. The van der Waals surface area contributed by atoms with Crippen molar-refractivity contribution >= 4 is 41.1 Å². The molecule has 0 aromatic heterocycles. The van der Waals surface area contributed by atoms with Gasteiger partial charge >= 0.3 is 12.1 Å². The number of esters is 1. The number of ketones is 2. The van der Waals surface area contributed by atoms with Crippen LogP contribution in [-0.2, 0) is 55.9 Å². The van der Waals surface area contributed by atoms with Gasteiger partial charge < -0.3 is 50.2 Å². The molecule has 1 aliphatic heterocycles. The van der Waals surface area contributed by atoms with E-state index in [1.54, 1.807) is 30.4 Å². The lowest BCUT2D eigenvalue weighted by Gasteiger charge is -2.59. The molecular weight excluding hydrogens is 983 g/mol. The maximum absolute atomic E-state index is 14.1. The summed E-state index contributed by atoms with van der Waals surface area (Å²) in [5.41, 5.74) is 5.48. The van der Waals surface area contributed by atoms with Crippen LogP contribution in [-0.4, -0.2) is 101 Å². The van der Waals surface area contributed by atoms with Gasteiger partial charge in [-0.05, 0) is 114 Å². The fraction of sp³-hybridized carbons (Fsp3) is 0.410. The number of aliphatic hydroxyl groups is 3. The molecule has 3 amide bonds. The van der Waals surface area contributed by atoms with Crippen LogP contribution in [0.4, 0.5) is 10.5 Å². The standard InChI is InChI=1S/C61H65N3O13/c1-4-23-74-54(71)20-19-49(64-53(70)31-62-58(73)75-34-47-44-11-7-5-9-42(44)43-10-6-8-12-45(43)47)56(72)63-40-26-36(25-37(27-40)32-65)24-35-13-15-38(16-14-35)57-76-52-29-48-46-18-17-39-28-41(67)21-22-59(39,2)55(46)50(68)30-60(48,3)61(52,77-57)51(69)33-66/h4-16,21-22,25-28,46-50,52,55,57,65-66,68H,1,17-20,23-24,29-34H2,2-3H3,(H,62,73)(H,63,72)(H,64,70)/t46-,48-,49-,50-,52+,55+,57+,59-,60-,61+/m0/s1.